The van der Waals surface area contributed by atoms with E-state index >= 15 is 0 Å². The standard InChI is InChI=1S/C20H25N5O3.2ClH/c1-28-18-5-2-15(3-6-18)8-10-25-11-9-17(14-25)23-19-13-21-16(12-22-19)4-7-20(26)24-27;;/h2-7,12-13,17,27H,8-11,14H2,1H3,(H,22,23)(H,24,26);2*1H/t17-;;/m1../s1. The summed E-state index contributed by atoms with van der Waals surface area (Å²) in [5.41, 5.74) is 3.38. The fraction of sp³-hybridized carbons (Fsp3) is 0.350. The van der Waals surface area contributed by atoms with Crippen molar-refractivity contribution in [2.24, 2.45) is 0 Å². The number of methoxy groups -OCH3 is 1. The summed E-state index contributed by atoms with van der Waals surface area (Å²) in [6.45, 7) is 3.04. The van der Waals surface area contributed by atoms with E-state index in [1.54, 1.807) is 19.5 Å². The molecule has 1 atom stereocenters. The molecule has 1 aliphatic rings. The average Bonchev–Trinajstić information content (AvgIpc) is 3.19. The SMILES string of the molecule is COc1ccc(CCN2CC[C@@H](Nc3cnc(C=CC(=O)NO)cn3)C2)cc1.Cl.Cl. The van der Waals surface area contributed by atoms with E-state index in [2.05, 4.69) is 32.3 Å². The minimum atomic E-state index is -0.607. The Bertz CT molecular complexity index is 803. The van der Waals surface area contributed by atoms with Gasteiger partial charge in [-0.3, -0.25) is 15.0 Å². The molecule has 8 nitrogen and oxygen atoms in total. The number of nitrogens with zero attached hydrogens (tertiary/aromatic N) is 3. The van der Waals surface area contributed by atoms with Gasteiger partial charge in [-0.2, -0.15) is 0 Å². The van der Waals surface area contributed by atoms with Gasteiger partial charge in [0.25, 0.3) is 5.91 Å². The quantitative estimate of drug-likeness (QED) is 0.319. The molecule has 0 bridgehead atoms. The van der Waals surface area contributed by atoms with E-state index in [9.17, 15) is 4.79 Å². The number of hydroxylamine groups is 1. The summed E-state index contributed by atoms with van der Waals surface area (Å²) >= 11 is 0. The molecular weight excluding hydrogens is 429 g/mol. The summed E-state index contributed by atoms with van der Waals surface area (Å²) in [7, 11) is 1.68. The first kappa shape index (κ1) is 25.6. The highest BCUT2D eigenvalue weighted by atomic mass is 35.5. The zero-order valence-electron chi connectivity index (χ0n) is 16.7. The Balaban J connectivity index is 0.00000225. The smallest absolute Gasteiger partial charge is 0.267 e. The molecule has 1 saturated heterocycles. The van der Waals surface area contributed by atoms with Gasteiger partial charge in [-0.25, -0.2) is 10.5 Å². The molecule has 164 valence electrons. The number of carbonyl (C=O) groups is 1. The van der Waals surface area contributed by atoms with Crippen molar-refractivity contribution in [3.63, 3.8) is 0 Å². The summed E-state index contributed by atoms with van der Waals surface area (Å²) in [4.78, 5) is 22.0. The number of hydrogen-bond acceptors (Lipinski definition) is 7. The number of rotatable bonds is 8. The minimum absolute atomic E-state index is 0. The van der Waals surface area contributed by atoms with Crippen LogP contribution in [0.25, 0.3) is 6.08 Å². The summed E-state index contributed by atoms with van der Waals surface area (Å²) in [5.74, 6) is 0.990. The molecule has 0 spiro atoms. The lowest BCUT2D eigenvalue weighted by Crippen LogP contribution is -2.28. The van der Waals surface area contributed by atoms with Crippen LogP contribution >= 0.6 is 24.8 Å². The molecule has 3 N–H and O–H groups in total. The van der Waals surface area contributed by atoms with Crippen molar-refractivity contribution in [1.29, 1.82) is 0 Å². The fourth-order valence-electron chi connectivity index (χ4n) is 3.14. The van der Waals surface area contributed by atoms with E-state index in [1.807, 2.05) is 12.1 Å². The maximum atomic E-state index is 11.0. The Morgan fingerprint density at radius 1 is 1.27 bits per heavy atom. The van der Waals surface area contributed by atoms with E-state index < -0.39 is 5.91 Å². The molecule has 1 aliphatic heterocycles. The molecule has 2 heterocycles. The molecule has 0 unspecified atom stereocenters. The van der Waals surface area contributed by atoms with Gasteiger partial charge < -0.3 is 15.0 Å². The number of aromatic nitrogens is 2. The van der Waals surface area contributed by atoms with E-state index in [4.69, 9.17) is 9.94 Å². The number of benzene rings is 1. The van der Waals surface area contributed by atoms with Gasteiger partial charge >= 0.3 is 0 Å². The molecule has 1 aromatic heterocycles. The number of anilines is 1. The van der Waals surface area contributed by atoms with Crippen LogP contribution in [0.3, 0.4) is 0 Å². The average molecular weight is 456 g/mol. The zero-order valence-corrected chi connectivity index (χ0v) is 18.3. The van der Waals surface area contributed by atoms with Crippen LogP contribution in [0.1, 0.15) is 17.7 Å². The molecule has 1 fully saturated rings. The molecule has 3 rings (SSSR count). The first-order valence-electron chi connectivity index (χ1n) is 9.22. The van der Waals surface area contributed by atoms with Gasteiger partial charge in [-0.05, 0) is 36.6 Å². The highest BCUT2D eigenvalue weighted by molar-refractivity contribution is 5.90. The van der Waals surface area contributed by atoms with Crippen molar-refractivity contribution in [2.45, 2.75) is 18.9 Å². The van der Waals surface area contributed by atoms with Crippen LogP contribution in [0.15, 0.2) is 42.7 Å². The second-order valence-electron chi connectivity index (χ2n) is 6.66. The molecule has 0 radical (unpaired) electrons. The molecule has 2 aromatic rings. The number of carbonyl (C=O) groups excluding carboxylic acids is 1. The first-order chi connectivity index (χ1) is 13.7. The van der Waals surface area contributed by atoms with Crippen molar-refractivity contribution in [3.05, 3.63) is 54.0 Å². The van der Waals surface area contributed by atoms with Crippen molar-refractivity contribution in [2.75, 3.05) is 32.1 Å². The van der Waals surface area contributed by atoms with Gasteiger partial charge in [-0.1, -0.05) is 12.1 Å². The Kier molecular flexibility index (Phi) is 11.1. The van der Waals surface area contributed by atoms with Crippen LogP contribution in [0.5, 0.6) is 5.75 Å². The van der Waals surface area contributed by atoms with E-state index in [-0.39, 0.29) is 24.8 Å². The van der Waals surface area contributed by atoms with Crippen LogP contribution < -0.4 is 15.5 Å². The van der Waals surface area contributed by atoms with Crippen LogP contribution in [0, 0.1) is 0 Å². The van der Waals surface area contributed by atoms with Gasteiger partial charge in [0.2, 0.25) is 0 Å². The first-order valence-corrected chi connectivity index (χ1v) is 9.22. The van der Waals surface area contributed by atoms with E-state index in [1.165, 1.54) is 23.2 Å². The Hall–Kier alpha value is -2.39. The second-order valence-corrected chi connectivity index (χ2v) is 6.66. The number of ether oxygens (including phenoxy) is 1. The Labute approximate surface area is 188 Å². The summed E-state index contributed by atoms with van der Waals surface area (Å²) in [6.07, 6.45) is 7.98. The lowest BCUT2D eigenvalue weighted by Gasteiger charge is -2.17. The second kappa shape index (κ2) is 13.0. The van der Waals surface area contributed by atoms with Crippen molar-refractivity contribution in [3.8, 4) is 5.75 Å². The Morgan fingerprint density at radius 2 is 2.03 bits per heavy atom. The third-order valence-corrected chi connectivity index (χ3v) is 4.69. The predicted molar refractivity (Wildman–Crippen MR) is 121 cm³/mol. The molecule has 30 heavy (non-hydrogen) atoms. The minimum Gasteiger partial charge on any atom is -0.497 e. The van der Waals surface area contributed by atoms with Gasteiger partial charge in [0.1, 0.15) is 11.6 Å². The number of hydrogen-bond donors (Lipinski definition) is 3. The molecule has 0 aliphatic carbocycles. The van der Waals surface area contributed by atoms with Gasteiger partial charge in [0.05, 0.1) is 25.2 Å². The largest absolute Gasteiger partial charge is 0.497 e. The van der Waals surface area contributed by atoms with Crippen molar-refractivity contribution >= 4 is 42.6 Å². The number of amides is 1. The molecular formula is C20H27Cl2N5O3. The summed E-state index contributed by atoms with van der Waals surface area (Å²) < 4.78 is 5.19. The predicted octanol–water partition coefficient (Wildman–Crippen LogP) is 2.58. The van der Waals surface area contributed by atoms with Gasteiger partial charge in [0.15, 0.2) is 0 Å². The van der Waals surface area contributed by atoms with E-state index in [0.29, 0.717) is 17.6 Å². The lowest BCUT2D eigenvalue weighted by molar-refractivity contribution is -0.124. The van der Waals surface area contributed by atoms with Crippen LogP contribution in [0.2, 0.25) is 0 Å². The third kappa shape index (κ3) is 7.79. The van der Waals surface area contributed by atoms with Crippen LogP contribution in [-0.4, -0.2) is 58.8 Å². The molecule has 0 saturated carbocycles. The van der Waals surface area contributed by atoms with Crippen LogP contribution in [-0.2, 0) is 11.2 Å². The summed E-state index contributed by atoms with van der Waals surface area (Å²) in [6, 6.07) is 8.56. The number of likely N-dealkylation sites (tertiary alicyclic amines) is 1. The van der Waals surface area contributed by atoms with Gasteiger partial charge in [-0.15, -0.1) is 24.8 Å². The monoisotopic (exact) mass is 455 g/mol. The van der Waals surface area contributed by atoms with Crippen molar-refractivity contribution in [1.82, 2.24) is 20.3 Å². The normalized spacial score (nSPS) is 15.9. The third-order valence-electron chi connectivity index (χ3n) is 4.69. The molecule has 10 heteroatoms. The summed E-state index contributed by atoms with van der Waals surface area (Å²) in [5, 5.41) is 11.9. The topological polar surface area (TPSA) is 99.6 Å². The maximum absolute atomic E-state index is 11.0. The highest BCUT2D eigenvalue weighted by Gasteiger charge is 2.22. The maximum Gasteiger partial charge on any atom is 0.267 e. The zero-order chi connectivity index (χ0) is 19.8. The Morgan fingerprint density at radius 3 is 2.67 bits per heavy atom. The van der Waals surface area contributed by atoms with Crippen molar-refractivity contribution < 1.29 is 14.7 Å². The van der Waals surface area contributed by atoms with Gasteiger partial charge in [0, 0.05) is 31.8 Å². The van der Waals surface area contributed by atoms with E-state index in [0.717, 1.165) is 38.2 Å². The highest BCUT2D eigenvalue weighted by Crippen LogP contribution is 2.16. The number of nitrogens with one attached hydrogen (secondary N) is 2. The lowest BCUT2D eigenvalue weighted by atomic mass is 10.1. The molecule has 1 aromatic carbocycles. The molecule has 1 amide bonds. The van der Waals surface area contributed by atoms with Crippen LogP contribution in [0.4, 0.5) is 5.82 Å². The number of halogens is 2. The fourth-order valence-corrected chi connectivity index (χ4v) is 3.14.